The van der Waals surface area contributed by atoms with E-state index in [9.17, 15) is 5.26 Å². The molecule has 5 nitrogen and oxygen atoms in total. The van der Waals surface area contributed by atoms with Crippen molar-refractivity contribution in [1.82, 2.24) is 9.55 Å². The summed E-state index contributed by atoms with van der Waals surface area (Å²) in [6, 6.07) is 9.35. The number of nitrogens with zero attached hydrogens (tertiary/aromatic N) is 3. The van der Waals surface area contributed by atoms with Gasteiger partial charge in [-0.15, -0.1) is 12.4 Å². The van der Waals surface area contributed by atoms with E-state index in [0.29, 0.717) is 6.73 Å². The van der Waals surface area contributed by atoms with Gasteiger partial charge in [0.1, 0.15) is 6.73 Å². The summed E-state index contributed by atoms with van der Waals surface area (Å²) in [6.45, 7) is 8.33. The van der Waals surface area contributed by atoms with Gasteiger partial charge in [0.05, 0.1) is 28.8 Å². The molecule has 2 N–H and O–H groups in total. The topological polar surface area (TPSA) is 76.9 Å². The number of ether oxygens (including phenoxy) is 1. The first-order chi connectivity index (χ1) is 11.3. The third-order valence-corrected chi connectivity index (χ3v) is 6.54. The average Bonchev–Trinajstić information content (AvgIpc) is 3.25. The zero-order chi connectivity index (χ0) is 17.4. The molecule has 3 rings (SSSR count). The fraction of sp³-hybridized carbons (Fsp3) is 0.556. The summed E-state index contributed by atoms with van der Waals surface area (Å²) in [6.07, 6.45) is 3.59. The summed E-state index contributed by atoms with van der Waals surface area (Å²) in [4.78, 5) is 4.43. The minimum Gasteiger partial charge on any atom is -0.361 e. The van der Waals surface area contributed by atoms with E-state index in [1.165, 1.54) is 0 Å². The molecule has 0 radical (unpaired) electrons. The summed E-state index contributed by atoms with van der Waals surface area (Å²) in [5, 5.41) is 9.36. The Morgan fingerprint density at radius 3 is 2.72 bits per heavy atom. The summed E-state index contributed by atoms with van der Waals surface area (Å²) in [5.41, 5.74) is 8.93. The maximum absolute atomic E-state index is 9.36. The minimum atomic E-state index is -1.07. The molecule has 25 heavy (non-hydrogen) atoms. The van der Waals surface area contributed by atoms with Crippen LogP contribution in [0.5, 0.6) is 0 Å². The number of benzene rings is 1. The molecule has 1 fully saturated rings. The van der Waals surface area contributed by atoms with E-state index in [2.05, 4.69) is 36.8 Å². The second-order valence-corrected chi connectivity index (χ2v) is 13.7. The van der Waals surface area contributed by atoms with E-state index in [1.807, 2.05) is 23.0 Å². The number of hydrogen-bond donors (Lipinski definition) is 1. The van der Waals surface area contributed by atoms with Gasteiger partial charge in [0, 0.05) is 20.7 Å². The van der Waals surface area contributed by atoms with Crippen LogP contribution in [-0.4, -0.2) is 24.2 Å². The highest BCUT2D eigenvalue weighted by Crippen LogP contribution is 2.53. The molecule has 0 spiro atoms. The van der Waals surface area contributed by atoms with Gasteiger partial charge in [0.2, 0.25) is 0 Å². The van der Waals surface area contributed by atoms with Crippen LogP contribution in [0.3, 0.4) is 0 Å². The third-order valence-electron chi connectivity index (χ3n) is 4.84. The van der Waals surface area contributed by atoms with Crippen LogP contribution in [0.25, 0.3) is 11.0 Å². The first kappa shape index (κ1) is 19.9. The average molecular weight is 379 g/mol. The zero-order valence-corrected chi connectivity index (χ0v) is 17.0. The fourth-order valence-corrected chi connectivity index (χ4v) is 3.61. The van der Waals surface area contributed by atoms with Crippen molar-refractivity contribution in [3.8, 4) is 6.07 Å². The van der Waals surface area contributed by atoms with Gasteiger partial charge in [-0.05, 0) is 36.6 Å². The van der Waals surface area contributed by atoms with Gasteiger partial charge in [-0.25, -0.2) is 4.98 Å². The van der Waals surface area contributed by atoms with Gasteiger partial charge in [-0.2, -0.15) is 5.26 Å². The molecule has 1 aliphatic carbocycles. The molecule has 1 aromatic carbocycles. The Labute approximate surface area is 156 Å². The number of nitrogens with two attached hydrogens (primary N) is 1. The number of aromatic nitrogens is 2. The smallest absolute Gasteiger partial charge is 0.124 e. The largest absolute Gasteiger partial charge is 0.361 e. The number of imidazole rings is 1. The minimum absolute atomic E-state index is 0. The van der Waals surface area contributed by atoms with Crippen molar-refractivity contribution < 1.29 is 4.74 Å². The van der Waals surface area contributed by atoms with Gasteiger partial charge >= 0.3 is 0 Å². The van der Waals surface area contributed by atoms with Crippen molar-refractivity contribution in [2.75, 3.05) is 6.61 Å². The number of fused-ring (bicyclic) bond motifs is 1. The van der Waals surface area contributed by atoms with Gasteiger partial charge in [0.25, 0.3) is 0 Å². The Morgan fingerprint density at radius 2 is 2.12 bits per heavy atom. The summed E-state index contributed by atoms with van der Waals surface area (Å²) >= 11 is 0. The van der Waals surface area contributed by atoms with Crippen LogP contribution in [0.2, 0.25) is 25.7 Å². The highest BCUT2D eigenvalue weighted by Gasteiger charge is 2.49. The second kappa shape index (κ2) is 7.46. The summed E-state index contributed by atoms with van der Waals surface area (Å²) < 4.78 is 7.85. The first-order valence-corrected chi connectivity index (χ1v) is 12.2. The number of rotatable bonds is 7. The van der Waals surface area contributed by atoms with Crippen LogP contribution in [0.1, 0.15) is 24.4 Å². The van der Waals surface area contributed by atoms with Crippen LogP contribution in [0.15, 0.2) is 24.5 Å². The third kappa shape index (κ3) is 4.42. The molecular formula is C18H27ClN4OSi. The molecule has 0 saturated heterocycles. The second-order valence-electron chi connectivity index (χ2n) is 8.06. The maximum atomic E-state index is 9.36. The molecule has 1 aromatic heterocycles. The van der Waals surface area contributed by atoms with Crippen LogP contribution in [-0.2, 0) is 11.5 Å². The lowest BCUT2D eigenvalue weighted by molar-refractivity contribution is 0.0898. The van der Waals surface area contributed by atoms with Gasteiger partial charge in [0.15, 0.2) is 0 Å². The molecule has 0 aliphatic heterocycles. The van der Waals surface area contributed by atoms with E-state index in [4.69, 9.17) is 10.5 Å². The maximum Gasteiger partial charge on any atom is 0.124 e. The van der Waals surface area contributed by atoms with Crippen molar-refractivity contribution in [2.45, 2.75) is 51.3 Å². The van der Waals surface area contributed by atoms with Crippen molar-refractivity contribution in [2.24, 2.45) is 11.1 Å². The predicted molar refractivity (Wildman–Crippen MR) is 105 cm³/mol. The number of nitriles is 1. The van der Waals surface area contributed by atoms with E-state index >= 15 is 0 Å². The van der Waals surface area contributed by atoms with Gasteiger partial charge in [-0.1, -0.05) is 25.7 Å². The Morgan fingerprint density at radius 1 is 1.40 bits per heavy atom. The van der Waals surface area contributed by atoms with Crippen molar-refractivity contribution in [1.29, 1.82) is 5.26 Å². The van der Waals surface area contributed by atoms with Crippen molar-refractivity contribution in [3.05, 3.63) is 30.1 Å². The predicted octanol–water partition coefficient (Wildman–Crippen LogP) is 4.07. The van der Waals surface area contributed by atoms with E-state index < -0.39 is 8.07 Å². The highest BCUT2D eigenvalue weighted by atomic mass is 35.5. The molecule has 7 heteroatoms. The SMILES string of the molecule is C[Si](C)(C)CCOCn1cnc2ccc([C@H](N)C3(C#N)CC3)cc21.Cl. The Balaban J connectivity index is 0.00000225. The normalized spacial score (nSPS) is 16.9. The summed E-state index contributed by atoms with van der Waals surface area (Å²) in [7, 11) is -1.07. The van der Waals surface area contributed by atoms with Crippen LogP contribution >= 0.6 is 12.4 Å². The van der Waals surface area contributed by atoms with Crippen LogP contribution in [0.4, 0.5) is 0 Å². The lowest BCUT2D eigenvalue weighted by atomic mass is 9.92. The monoisotopic (exact) mass is 378 g/mol. The first-order valence-electron chi connectivity index (χ1n) is 8.54. The lowest BCUT2D eigenvalue weighted by Crippen LogP contribution is -2.22. The van der Waals surface area contributed by atoms with Crippen LogP contribution < -0.4 is 5.73 Å². The highest BCUT2D eigenvalue weighted by molar-refractivity contribution is 6.76. The summed E-state index contributed by atoms with van der Waals surface area (Å²) in [5.74, 6) is 0. The number of halogens is 1. The molecule has 0 amide bonds. The van der Waals surface area contributed by atoms with E-state index in [0.717, 1.165) is 42.1 Å². The van der Waals surface area contributed by atoms with Gasteiger partial charge < -0.3 is 15.0 Å². The molecule has 136 valence electrons. The van der Waals surface area contributed by atoms with Gasteiger partial charge in [-0.3, -0.25) is 0 Å². The molecule has 1 saturated carbocycles. The quantitative estimate of drug-likeness (QED) is 0.581. The fourth-order valence-electron chi connectivity index (χ4n) is 2.86. The molecule has 1 atom stereocenters. The standard InChI is InChI=1S/C18H26N4OSi.ClH/c1-24(2,3)9-8-23-13-22-12-21-15-5-4-14(10-16(15)22)17(20)18(11-19)6-7-18;/h4-5,10,12,17H,6-9,13,20H2,1-3H3;1H/t17-;/m0./s1. The van der Waals surface area contributed by atoms with Crippen LogP contribution in [0, 0.1) is 16.7 Å². The Bertz CT molecular complexity index is 773. The number of hydrogen-bond acceptors (Lipinski definition) is 4. The molecule has 2 aromatic rings. The zero-order valence-electron chi connectivity index (χ0n) is 15.2. The Kier molecular flexibility index (Phi) is 5.95. The molecule has 1 heterocycles. The molecule has 0 unspecified atom stereocenters. The van der Waals surface area contributed by atoms with E-state index in [-0.39, 0.29) is 23.9 Å². The van der Waals surface area contributed by atoms with E-state index in [1.54, 1.807) is 0 Å². The molecule has 0 bridgehead atoms. The van der Waals surface area contributed by atoms with Crippen molar-refractivity contribution >= 4 is 31.5 Å². The molecular weight excluding hydrogens is 352 g/mol. The molecule has 1 aliphatic rings. The lowest BCUT2D eigenvalue weighted by Gasteiger charge is -2.17. The Hall–Kier alpha value is -1.39. The van der Waals surface area contributed by atoms with Crippen molar-refractivity contribution in [3.63, 3.8) is 0 Å².